The number of carbonyl (C=O) groups is 1. The van der Waals surface area contributed by atoms with E-state index in [9.17, 15) is 9.90 Å². The molecule has 1 atom stereocenters. The number of benzene rings is 1. The molecule has 0 fully saturated rings. The summed E-state index contributed by atoms with van der Waals surface area (Å²) in [5.41, 5.74) is 2.65. The number of hydrogen-bond donors (Lipinski definition) is 0. The van der Waals surface area contributed by atoms with Crippen LogP contribution >= 0.6 is 11.3 Å². The maximum atomic E-state index is 11.5. The zero-order valence-electron chi connectivity index (χ0n) is 15.0. The van der Waals surface area contributed by atoms with Gasteiger partial charge in [0.2, 0.25) is 0 Å². The molecular formula is C20H17N4O2S-. The molecule has 27 heavy (non-hydrogen) atoms. The molecule has 3 heterocycles. The van der Waals surface area contributed by atoms with E-state index in [-0.39, 0.29) is 5.56 Å². The van der Waals surface area contributed by atoms with Crippen molar-refractivity contribution in [1.29, 1.82) is 0 Å². The van der Waals surface area contributed by atoms with Crippen molar-refractivity contribution in [3.63, 3.8) is 0 Å². The molecule has 0 amide bonds. The summed E-state index contributed by atoms with van der Waals surface area (Å²) >= 11 is 1.75. The third-order valence-electron chi connectivity index (χ3n) is 5.28. The van der Waals surface area contributed by atoms with Crippen molar-refractivity contribution in [2.75, 3.05) is 0 Å². The van der Waals surface area contributed by atoms with Gasteiger partial charge in [0, 0.05) is 16.0 Å². The number of carboxylic acid groups (broad SMARTS) is 1. The summed E-state index contributed by atoms with van der Waals surface area (Å²) in [4.78, 5) is 23.4. The number of aryl methyl sites for hydroxylation is 2. The molecule has 0 saturated heterocycles. The molecule has 1 aliphatic rings. The molecule has 4 aromatic rings. The maximum Gasteiger partial charge on any atom is 0.182 e. The van der Waals surface area contributed by atoms with Gasteiger partial charge in [0.25, 0.3) is 0 Å². The summed E-state index contributed by atoms with van der Waals surface area (Å²) in [5.74, 6) is 0.536. The van der Waals surface area contributed by atoms with Crippen molar-refractivity contribution < 1.29 is 9.90 Å². The Morgan fingerprint density at radius 3 is 2.93 bits per heavy atom. The van der Waals surface area contributed by atoms with Gasteiger partial charge in [-0.05, 0) is 37.7 Å². The Kier molecular flexibility index (Phi) is 3.55. The van der Waals surface area contributed by atoms with Crippen LogP contribution in [0.2, 0.25) is 0 Å². The monoisotopic (exact) mass is 377 g/mol. The van der Waals surface area contributed by atoms with Gasteiger partial charge in [0.15, 0.2) is 11.5 Å². The van der Waals surface area contributed by atoms with Crippen LogP contribution in [0.3, 0.4) is 0 Å². The van der Waals surface area contributed by atoms with Crippen molar-refractivity contribution in [1.82, 2.24) is 19.6 Å². The number of hydrogen-bond acceptors (Lipinski definition) is 6. The molecule has 5 rings (SSSR count). The SMILES string of the molecule is Cc1nc2sc3c(c2c2nc(-c4ccccc4C(=O)[O-])nn12)C[C@@H](C)CC3. The highest BCUT2D eigenvalue weighted by atomic mass is 32.1. The lowest BCUT2D eigenvalue weighted by molar-refractivity contribution is -0.254. The minimum absolute atomic E-state index is 0.0937. The number of aromatic nitrogens is 4. The lowest BCUT2D eigenvalue weighted by Crippen LogP contribution is -2.23. The molecule has 1 aromatic carbocycles. The van der Waals surface area contributed by atoms with Crippen molar-refractivity contribution in [3.8, 4) is 11.4 Å². The molecular weight excluding hydrogens is 360 g/mol. The Bertz CT molecular complexity index is 1220. The van der Waals surface area contributed by atoms with E-state index in [2.05, 4.69) is 12.0 Å². The average Bonchev–Trinajstić information content (AvgIpc) is 3.23. The molecule has 3 aromatic heterocycles. The molecule has 0 spiro atoms. The quantitative estimate of drug-likeness (QED) is 0.536. The van der Waals surface area contributed by atoms with Gasteiger partial charge >= 0.3 is 0 Å². The number of carboxylic acids is 1. The van der Waals surface area contributed by atoms with E-state index in [1.54, 1.807) is 34.1 Å². The summed E-state index contributed by atoms with van der Waals surface area (Å²) in [6, 6.07) is 6.69. The summed E-state index contributed by atoms with van der Waals surface area (Å²) in [5, 5.41) is 17.1. The molecule has 0 N–H and O–H groups in total. The number of carbonyl (C=O) groups excluding carboxylic acids is 1. The average molecular weight is 377 g/mol. The normalized spacial score (nSPS) is 16.7. The standard InChI is InChI=1S/C20H18N4O2S/c1-10-7-8-15-14(9-10)16-18-22-17(12-5-3-4-6-13(12)20(25)26)23-24(18)11(2)21-19(16)27-15/h3-6,10H,7-9H2,1-2H3,(H,25,26)/p-1/t10-/m0/s1. The van der Waals surface area contributed by atoms with Crippen LogP contribution in [0.15, 0.2) is 24.3 Å². The minimum atomic E-state index is -1.23. The first-order valence-corrected chi connectivity index (χ1v) is 9.83. The predicted octanol–water partition coefficient (Wildman–Crippen LogP) is 2.80. The van der Waals surface area contributed by atoms with Gasteiger partial charge in [-0.1, -0.05) is 31.2 Å². The van der Waals surface area contributed by atoms with Crippen LogP contribution in [0.1, 0.15) is 40.0 Å². The van der Waals surface area contributed by atoms with Gasteiger partial charge in [0.1, 0.15) is 10.7 Å². The lowest BCUT2D eigenvalue weighted by Gasteiger charge is -2.17. The van der Waals surface area contributed by atoms with Crippen LogP contribution in [-0.4, -0.2) is 25.6 Å². The fourth-order valence-electron chi connectivity index (χ4n) is 3.92. The van der Waals surface area contributed by atoms with E-state index in [1.807, 2.05) is 6.92 Å². The maximum absolute atomic E-state index is 11.5. The van der Waals surface area contributed by atoms with E-state index < -0.39 is 5.97 Å². The van der Waals surface area contributed by atoms with Crippen molar-refractivity contribution >= 4 is 33.2 Å². The first-order chi connectivity index (χ1) is 13.0. The molecule has 0 saturated carbocycles. The third-order valence-corrected chi connectivity index (χ3v) is 6.46. The van der Waals surface area contributed by atoms with Gasteiger partial charge in [-0.25, -0.2) is 9.97 Å². The smallest absolute Gasteiger partial charge is 0.182 e. The highest BCUT2D eigenvalue weighted by Gasteiger charge is 2.25. The Morgan fingerprint density at radius 1 is 1.30 bits per heavy atom. The van der Waals surface area contributed by atoms with E-state index in [4.69, 9.17) is 9.97 Å². The number of aromatic carboxylic acids is 1. The fraction of sp³-hybridized carbons (Fsp3) is 0.300. The second-order valence-electron chi connectivity index (χ2n) is 7.19. The second-order valence-corrected chi connectivity index (χ2v) is 8.28. The molecule has 0 radical (unpaired) electrons. The Labute approximate surface area is 159 Å². The molecule has 6 nitrogen and oxygen atoms in total. The van der Waals surface area contributed by atoms with E-state index in [1.165, 1.54) is 22.9 Å². The van der Waals surface area contributed by atoms with Crippen molar-refractivity contribution in [2.24, 2.45) is 5.92 Å². The zero-order chi connectivity index (χ0) is 18.7. The van der Waals surface area contributed by atoms with Gasteiger partial charge in [-0.3, -0.25) is 0 Å². The topological polar surface area (TPSA) is 83.2 Å². The van der Waals surface area contributed by atoms with Crippen molar-refractivity contribution in [3.05, 3.63) is 46.1 Å². The third kappa shape index (κ3) is 2.45. The highest BCUT2D eigenvalue weighted by molar-refractivity contribution is 7.19. The van der Waals surface area contributed by atoms with Crippen LogP contribution in [0, 0.1) is 12.8 Å². The van der Waals surface area contributed by atoms with Gasteiger partial charge in [-0.15, -0.1) is 16.4 Å². The van der Waals surface area contributed by atoms with E-state index in [0.717, 1.165) is 34.5 Å². The summed E-state index contributed by atoms with van der Waals surface area (Å²) in [6.45, 7) is 4.17. The summed E-state index contributed by atoms with van der Waals surface area (Å²) in [7, 11) is 0. The molecule has 7 heteroatoms. The molecule has 136 valence electrons. The number of thiophene rings is 1. The molecule has 0 bridgehead atoms. The van der Waals surface area contributed by atoms with Gasteiger partial charge in [0.05, 0.1) is 11.4 Å². The van der Waals surface area contributed by atoms with E-state index >= 15 is 0 Å². The van der Waals surface area contributed by atoms with E-state index in [0.29, 0.717) is 17.3 Å². The number of nitrogens with zero attached hydrogens (tertiary/aromatic N) is 4. The second kappa shape index (κ2) is 5.85. The minimum Gasteiger partial charge on any atom is -0.545 e. The number of rotatable bonds is 2. The summed E-state index contributed by atoms with van der Waals surface area (Å²) in [6.07, 6.45) is 3.30. The van der Waals surface area contributed by atoms with Crippen LogP contribution in [0.25, 0.3) is 27.3 Å². The predicted molar refractivity (Wildman–Crippen MR) is 102 cm³/mol. The van der Waals surface area contributed by atoms with Gasteiger partial charge < -0.3 is 9.90 Å². The first kappa shape index (κ1) is 16.4. The molecule has 1 aliphatic carbocycles. The Balaban J connectivity index is 1.81. The highest BCUT2D eigenvalue weighted by Crippen LogP contribution is 2.39. The molecule has 0 unspecified atom stereocenters. The Hall–Kier alpha value is -2.80. The molecule has 0 aliphatic heterocycles. The van der Waals surface area contributed by atoms with Crippen LogP contribution in [0.4, 0.5) is 0 Å². The lowest BCUT2D eigenvalue weighted by atomic mass is 9.89. The van der Waals surface area contributed by atoms with Crippen LogP contribution in [-0.2, 0) is 12.8 Å². The number of fused-ring (bicyclic) bond motifs is 5. The summed E-state index contributed by atoms with van der Waals surface area (Å²) < 4.78 is 1.73. The first-order valence-electron chi connectivity index (χ1n) is 9.01. The van der Waals surface area contributed by atoms with Crippen molar-refractivity contribution in [2.45, 2.75) is 33.1 Å². The van der Waals surface area contributed by atoms with Gasteiger partial charge in [-0.2, -0.15) is 4.52 Å². The van der Waals surface area contributed by atoms with Crippen LogP contribution < -0.4 is 5.11 Å². The zero-order valence-corrected chi connectivity index (χ0v) is 15.8. The van der Waals surface area contributed by atoms with Crippen LogP contribution in [0.5, 0.6) is 0 Å². The fourth-order valence-corrected chi connectivity index (χ4v) is 5.17. The Morgan fingerprint density at radius 2 is 2.11 bits per heavy atom. The largest absolute Gasteiger partial charge is 0.545 e.